The van der Waals surface area contributed by atoms with Crippen molar-refractivity contribution in [2.75, 3.05) is 50.0 Å². The van der Waals surface area contributed by atoms with Crippen molar-refractivity contribution in [3.63, 3.8) is 0 Å². The van der Waals surface area contributed by atoms with Crippen molar-refractivity contribution < 1.29 is 14.3 Å². The molecule has 0 spiro atoms. The number of nitrogens with one attached hydrogen (secondary N) is 3. The maximum Gasteiger partial charge on any atom is 0.319 e. The first-order valence-corrected chi connectivity index (χ1v) is 8.97. The first kappa shape index (κ1) is 20.0. The van der Waals surface area contributed by atoms with Crippen molar-refractivity contribution in [1.29, 1.82) is 0 Å². The Kier molecular flexibility index (Phi) is 7.68. The first-order chi connectivity index (χ1) is 12.5. The number of para-hydroxylation sites is 2. The van der Waals surface area contributed by atoms with Gasteiger partial charge in [-0.3, -0.25) is 9.69 Å². The lowest BCUT2D eigenvalue weighted by molar-refractivity contribution is -0.120. The van der Waals surface area contributed by atoms with Crippen molar-refractivity contribution in [3.8, 4) is 0 Å². The van der Waals surface area contributed by atoms with Gasteiger partial charge in [-0.25, -0.2) is 4.79 Å². The van der Waals surface area contributed by atoms with Gasteiger partial charge < -0.3 is 26.4 Å². The molecule has 1 aromatic carbocycles. The summed E-state index contributed by atoms with van der Waals surface area (Å²) in [7, 11) is 0. The number of carbonyl (C=O) groups is 2. The molecule has 8 heteroatoms. The molecule has 0 aliphatic carbocycles. The van der Waals surface area contributed by atoms with Crippen molar-refractivity contribution >= 4 is 23.3 Å². The fraction of sp³-hybridized carbons (Fsp3) is 0.556. The molecule has 0 unspecified atom stereocenters. The highest BCUT2D eigenvalue weighted by Gasteiger charge is 2.21. The number of nitrogens with two attached hydrogens (primary N) is 1. The van der Waals surface area contributed by atoms with Gasteiger partial charge >= 0.3 is 6.03 Å². The molecular weight excluding hydrogens is 334 g/mol. The third-order valence-electron chi connectivity index (χ3n) is 4.28. The van der Waals surface area contributed by atoms with Gasteiger partial charge in [-0.1, -0.05) is 26.0 Å². The maximum absolute atomic E-state index is 12.2. The minimum Gasteiger partial charge on any atom is -0.382 e. The van der Waals surface area contributed by atoms with E-state index in [1.54, 1.807) is 0 Å². The van der Waals surface area contributed by atoms with Crippen LogP contribution in [0.4, 0.5) is 16.2 Å². The second-order valence-corrected chi connectivity index (χ2v) is 6.65. The summed E-state index contributed by atoms with van der Waals surface area (Å²) in [5.41, 5.74) is 6.82. The average molecular weight is 363 g/mol. The van der Waals surface area contributed by atoms with Gasteiger partial charge in [0.25, 0.3) is 0 Å². The van der Waals surface area contributed by atoms with Crippen LogP contribution in [0.25, 0.3) is 0 Å². The maximum atomic E-state index is 12.2. The molecule has 5 N–H and O–H groups in total. The number of benzene rings is 1. The minimum absolute atomic E-state index is 0.0832. The van der Waals surface area contributed by atoms with Gasteiger partial charge in [0.1, 0.15) is 6.04 Å². The molecule has 1 atom stereocenters. The lowest BCUT2D eigenvalue weighted by Crippen LogP contribution is -2.49. The number of rotatable bonds is 8. The summed E-state index contributed by atoms with van der Waals surface area (Å²) in [5, 5.41) is 8.76. The molecule has 3 amide bonds. The minimum atomic E-state index is -0.712. The van der Waals surface area contributed by atoms with Crippen LogP contribution in [0, 0.1) is 5.92 Å². The Morgan fingerprint density at radius 2 is 1.85 bits per heavy atom. The number of primary amides is 1. The Hall–Kier alpha value is -2.32. The van der Waals surface area contributed by atoms with E-state index < -0.39 is 18.0 Å². The van der Waals surface area contributed by atoms with Crippen LogP contribution in [0.5, 0.6) is 0 Å². The van der Waals surface area contributed by atoms with E-state index in [0.29, 0.717) is 5.69 Å². The highest BCUT2D eigenvalue weighted by molar-refractivity contribution is 5.95. The molecule has 1 aliphatic heterocycles. The zero-order valence-corrected chi connectivity index (χ0v) is 15.5. The van der Waals surface area contributed by atoms with Crippen LogP contribution in [0.15, 0.2) is 24.3 Å². The van der Waals surface area contributed by atoms with Crippen LogP contribution in [-0.4, -0.2) is 62.3 Å². The first-order valence-electron chi connectivity index (χ1n) is 8.97. The van der Waals surface area contributed by atoms with E-state index in [-0.39, 0.29) is 5.92 Å². The Morgan fingerprint density at radius 3 is 2.46 bits per heavy atom. The van der Waals surface area contributed by atoms with Crippen molar-refractivity contribution in [1.82, 2.24) is 10.2 Å². The van der Waals surface area contributed by atoms with Crippen LogP contribution >= 0.6 is 0 Å². The largest absolute Gasteiger partial charge is 0.382 e. The molecule has 26 heavy (non-hydrogen) atoms. The van der Waals surface area contributed by atoms with Crippen molar-refractivity contribution in [3.05, 3.63) is 24.3 Å². The molecule has 0 bridgehead atoms. The normalized spacial score (nSPS) is 16.1. The van der Waals surface area contributed by atoms with Crippen molar-refractivity contribution in [2.24, 2.45) is 11.7 Å². The molecule has 1 fully saturated rings. The SMILES string of the molecule is CC(C)[C@H](NC(=O)Nc1ccccc1NCCN1CCOCC1)C(N)=O. The monoisotopic (exact) mass is 363 g/mol. The van der Waals surface area contributed by atoms with Crippen LogP contribution in [-0.2, 0) is 9.53 Å². The number of anilines is 2. The molecule has 0 radical (unpaired) electrons. The Balaban J connectivity index is 1.88. The number of urea groups is 1. The number of carbonyl (C=O) groups excluding carboxylic acids is 2. The number of morpholine rings is 1. The van der Waals surface area contributed by atoms with Gasteiger partial charge in [0.05, 0.1) is 24.6 Å². The molecular formula is C18H29N5O3. The summed E-state index contributed by atoms with van der Waals surface area (Å²) in [5.74, 6) is -0.632. The summed E-state index contributed by atoms with van der Waals surface area (Å²) in [6.45, 7) is 8.75. The smallest absolute Gasteiger partial charge is 0.319 e. The predicted octanol–water partition coefficient (Wildman–Crippen LogP) is 1.06. The van der Waals surface area contributed by atoms with Gasteiger partial charge in [-0.2, -0.15) is 0 Å². The van der Waals surface area contributed by atoms with E-state index in [1.165, 1.54) is 0 Å². The second-order valence-electron chi connectivity index (χ2n) is 6.65. The lowest BCUT2D eigenvalue weighted by Gasteiger charge is -2.26. The molecule has 2 rings (SSSR count). The van der Waals surface area contributed by atoms with Crippen LogP contribution in [0.3, 0.4) is 0 Å². The highest BCUT2D eigenvalue weighted by Crippen LogP contribution is 2.20. The molecule has 8 nitrogen and oxygen atoms in total. The van der Waals surface area contributed by atoms with Crippen molar-refractivity contribution in [2.45, 2.75) is 19.9 Å². The lowest BCUT2D eigenvalue weighted by atomic mass is 10.0. The van der Waals surface area contributed by atoms with E-state index >= 15 is 0 Å². The Bertz CT molecular complexity index is 602. The standard InChI is InChI=1S/C18H29N5O3/c1-13(2)16(17(19)24)22-18(25)21-15-6-4-3-5-14(15)20-7-8-23-9-11-26-12-10-23/h3-6,13,16,20H,7-12H2,1-2H3,(H2,19,24)(H2,21,22,25)/t16-/m0/s1. The summed E-state index contributed by atoms with van der Waals surface area (Å²) >= 11 is 0. The van der Waals surface area contributed by atoms with Gasteiger partial charge in [-0.05, 0) is 18.1 Å². The van der Waals surface area contributed by atoms with Crippen LogP contribution < -0.4 is 21.7 Å². The zero-order valence-electron chi connectivity index (χ0n) is 15.5. The third kappa shape index (κ3) is 6.20. The van der Waals surface area contributed by atoms with E-state index in [1.807, 2.05) is 38.1 Å². The van der Waals surface area contributed by atoms with Gasteiger partial charge in [0.2, 0.25) is 5.91 Å². The molecule has 1 heterocycles. The fourth-order valence-electron chi connectivity index (χ4n) is 2.79. The Labute approximate surface area is 154 Å². The van der Waals surface area contributed by atoms with E-state index in [2.05, 4.69) is 20.9 Å². The number of amides is 3. The highest BCUT2D eigenvalue weighted by atomic mass is 16.5. The predicted molar refractivity (Wildman–Crippen MR) is 102 cm³/mol. The molecule has 1 aliphatic rings. The topological polar surface area (TPSA) is 109 Å². The molecule has 144 valence electrons. The zero-order chi connectivity index (χ0) is 18.9. The number of hydrogen-bond acceptors (Lipinski definition) is 5. The van der Waals surface area contributed by atoms with Gasteiger partial charge in [0.15, 0.2) is 0 Å². The van der Waals surface area contributed by atoms with Crippen LogP contribution in [0.2, 0.25) is 0 Å². The number of nitrogens with zero attached hydrogens (tertiary/aromatic N) is 1. The molecule has 1 aromatic rings. The van der Waals surface area contributed by atoms with Gasteiger partial charge in [0, 0.05) is 26.2 Å². The molecule has 1 saturated heterocycles. The van der Waals surface area contributed by atoms with Gasteiger partial charge in [-0.15, -0.1) is 0 Å². The van der Waals surface area contributed by atoms with Crippen LogP contribution in [0.1, 0.15) is 13.8 Å². The quantitative estimate of drug-likeness (QED) is 0.552. The third-order valence-corrected chi connectivity index (χ3v) is 4.28. The summed E-state index contributed by atoms with van der Waals surface area (Å²) < 4.78 is 5.34. The van der Waals surface area contributed by atoms with E-state index in [9.17, 15) is 9.59 Å². The fourth-order valence-corrected chi connectivity index (χ4v) is 2.79. The number of ether oxygens (including phenoxy) is 1. The summed E-state index contributed by atoms with van der Waals surface area (Å²) in [4.78, 5) is 26.0. The summed E-state index contributed by atoms with van der Waals surface area (Å²) in [6, 6.07) is 6.30. The number of hydrogen-bond donors (Lipinski definition) is 4. The summed E-state index contributed by atoms with van der Waals surface area (Å²) in [6.07, 6.45) is 0. The average Bonchev–Trinajstić information content (AvgIpc) is 2.61. The van der Waals surface area contributed by atoms with E-state index in [0.717, 1.165) is 45.1 Å². The molecule has 0 saturated carbocycles. The van der Waals surface area contributed by atoms with E-state index in [4.69, 9.17) is 10.5 Å². The Morgan fingerprint density at radius 1 is 1.19 bits per heavy atom. The molecule has 0 aromatic heterocycles. The second kappa shape index (κ2) is 9.98.